The maximum absolute atomic E-state index is 12.7. The smallest absolute Gasteiger partial charge is 0.326 e. The van der Waals surface area contributed by atoms with Gasteiger partial charge in [0.2, 0.25) is 5.95 Å². The first kappa shape index (κ1) is 13.5. The summed E-state index contributed by atoms with van der Waals surface area (Å²) in [5.74, 6) is 0.412. The minimum absolute atomic E-state index is 0.334. The van der Waals surface area contributed by atoms with Crippen molar-refractivity contribution >= 4 is 22.7 Å². The van der Waals surface area contributed by atoms with Gasteiger partial charge in [0.25, 0.3) is 0 Å². The molecule has 1 heterocycles. The Morgan fingerprint density at radius 2 is 1.90 bits per heavy atom. The van der Waals surface area contributed by atoms with Gasteiger partial charge in [-0.3, -0.25) is 0 Å². The number of hydrogen-bond donors (Lipinski definition) is 2. The second-order valence-electron chi connectivity index (χ2n) is 4.81. The fraction of sp³-hybridized carbons (Fsp3) is 0.133. The molecule has 21 heavy (non-hydrogen) atoms. The minimum Gasteiger partial charge on any atom is -0.326 e. The average molecular weight is 291 g/mol. The molecule has 3 rings (SSSR count). The standard InChI is InChI=1S/C15H12F3N3/c1-9-5-6-12-13(7-9)21-14(20-12)19-11-4-2-3-10(8-11)15(16,17)18/h2-8H,1H3,(H2,19,20,21). The van der Waals surface area contributed by atoms with Crippen molar-refractivity contribution < 1.29 is 13.2 Å². The van der Waals surface area contributed by atoms with Crippen molar-refractivity contribution in [1.82, 2.24) is 9.97 Å². The van der Waals surface area contributed by atoms with E-state index >= 15 is 0 Å². The molecule has 1 aromatic heterocycles. The van der Waals surface area contributed by atoms with E-state index < -0.39 is 11.7 Å². The Morgan fingerprint density at radius 1 is 1.10 bits per heavy atom. The molecule has 0 radical (unpaired) electrons. The van der Waals surface area contributed by atoms with E-state index in [4.69, 9.17) is 0 Å². The SMILES string of the molecule is Cc1ccc2nc(Nc3cccc(C(F)(F)F)c3)[nH]c2c1. The number of alkyl halides is 3. The lowest BCUT2D eigenvalue weighted by atomic mass is 10.2. The van der Waals surface area contributed by atoms with Crippen LogP contribution in [0.1, 0.15) is 11.1 Å². The van der Waals surface area contributed by atoms with Crippen molar-refractivity contribution in [3.05, 3.63) is 53.6 Å². The van der Waals surface area contributed by atoms with Crippen LogP contribution in [0.2, 0.25) is 0 Å². The highest BCUT2D eigenvalue weighted by Gasteiger charge is 2.30. The van der Waals surface area contributed by atoms with E-state index in [1.807, 2.05) is 25.1 Å². The van der Waals surface area contributed by atoms with E-state index in [2.05, 4.69) is 15.3 Å². The third-order valence-corrected chi connectivity index (χ3v) is 3.09. The molecule has 0 amide bonds. The maximum atomic E-state index is 12.7. The van der Waals surface area contributed by atoms with E-state index in [0.29, 0.717) is 11.6 Å². The van der Waals surface area contributed by atoms with Crippen LogP contribution < -0.4 is 5.32 Å². The number of H-pyrrole nitrogens is 1. The monoisotopic (exact) mass is 291 g/mol. The van der Waals surface area contributed by atoms with Crippen molar-refractivity contribution in [3.63, 3.8) is 0 Å². The highest BCUT2D eigenvalue weighted by atomic mass is 19.4. The van der Waals surface area contributed by atoms with Gasteiger partial charge in [-0.15, -0.1) is 0 Å². The zero-order valence-corrected chi connectivity index (χ0v) is 11.1. The van der Waals surface area contributed by atoms with Crippen LogP contribution in [0.15, 0.2) is 42.5 Å². The van der Waals surface area contributed by atoms with Gasteiger partial charge in [-0.05, 0) is 42.8 Å². The molecule has 0 unspecified atom stereocenters. The first-order chi connectivity index (χ1) is 9.91. The number of hydrogen-bond acceptors (Lipinski definition) is 2. The largest absolute Gasteiger partial charge is 0.416 e. The molecular formula is C15H12F3N3. The van der Waals surface area contributed by atoms with E-state index in [0.717, 1.165) is 28.7 Å². The Balaban J connectivity index is 1.91. The number of benzene rings is 2. The molecule has 0 bridgehead atoms. The van der Waals surface area contributed by atoms with Crippen molar-refractivity contribution in [2.75, 3.05) is 5.32 Å². The molecule has 0 aliphatic heterocycles. The number of aryl methyl sites for hydroxylation is 1. The van der Waals surface area contributed by atoms with E-state index in [9.17, 15) is 13.2 Å². The summed E-state index contributed by atoms with van der Waals surface area (Å²) in [6.07, 6.45) is -4.36. The van der Waals surface area contributed by atoms with Gasteiger partial charge < -0.3 is 10.3 Å². The van der Waals surface area contributed by atoms with Crippen LogP contribution >= 0.6 is 0 Å². The molecule has 2 N–H and O–H groups in total. The number of nitrogens with zero attached hydrogens (tertiary/aromatic N) is 1. The van der Waals surface area contributed by atoms with Crippen LogP contribution in [0.4, 0.5) is 24.8 Å². The molecule has 6 heteroatoms. The van der Waals surface area contributed by atoms with Gasteiger partial charge in [-0.1, -0.05) is 12.1 Å². The average Bonchev–Trinajstić information content (AvgIpc) is 2.79. The third kappa shape index (κ3) is 2.84. The third-order valence-electron chi connectivity index (χ3n) is 3.09. The van der Waals surface area contributed by atoms with E-state index in [1.165, 1.54) is 6.07 Å². The molecule has 0 saturated carbocycles. The Labute approximate surface area is 118 Å². The first-order valence-corrected chi connectivity index (χ1v) is 6.32. The predicted octanol–water partition coefficient (Wildman–Crippen LogP) is 4.63. The van der Waals surface area contributed by atoms with Crippen LogP contribution in [-0.4, -0.2) is 9.97 Å². The molecule has 2 aromatic carbocycles. The summed E-state index contributed by atoms with van der Waals surface area (Å²) in [5.41, 5.74) is 2.32. The summed E-state index contributed by atoms with van der Waals surface area (Å²) in [7, 11) is 0. The molecule has 0 saturated heterocycles. The molecule has 108 valence electrons. The lowest BCUT2D eigenvalue weighted by Crippen LogP contribution is -2.05. The Kier molecular flexibility index (Phi) is 3.08. The van der Waals surface area contributed by atoms with Gasteiger partial charge in [-0.25, -0.2) is 4.98 Å². The van der Waals surface area contributed by atoms with E-state index in [-0.39, 0.29) is 0 Å². The normalized spacial score (nSPS) is 11.8. The van der Waals surface area contributed by atoms with Crippen molar-refractivity contribution in [2.45, 2.75) is 13.1 Å². The van der Waals surface area contributed by atoms with Gasteiger partial charge in [0, 0.05) is 5.69 Å². The lowest BCUT2D eigenvalue weighted by Gasteiger charge is -2.08. The van der Waals surface area contributed by atoms with Crippen LogP contribution in [0, 0.1) is 6.92 Å². The summed E-state index contributed by atoms with van der Waals surface area (Å²) in [6.45, 7) is 1.96. The van der Waals surface area contributed by atoms with Gasteiger partial charge >= 0.3 is 6.18 Å². The number of aromatic amines is 1. The Hall–Kier alpha value is -2.50. The minimum atomic E-state index is -4.36. The molecular weight excluding hydrogens is 279 g/mol. The number of rotatable bonds is 2. The van der Waals surface area contributed by atoms with Gasteiger partial charge in [0.1, 0.15) is 0 Å². The van der Waals surface area contributed by atoms with Crippen molar-refractivity contribution in [3.8, 4) is 0 Å². The fourth-order valence-electron chi connectivity index (χ4n) is 2.09. The van der Waals surface area contributed by atoms with Gasteiger partial charge in [-0.2, -0.15) is 13.2 Å². The maximum Gasteiger partial charge on any atom is 0.416 e. The summed E-state index contributed by atoms with van der Waals surface area (Å²) in [4.78, 5) is 7.33. The number of fused-ring (bicyclic) bond motifs is 1. The number of nitrogens with one attached hydrogen (secondary N) is 2. The Morgan fingerprint density at radius 3 is 2.67 bits per heavy atom. The zero-order chi connectivity index (χ0) is 15.0. The van der Waals surface area contributed by atoms with Crippen molar-refractivity contribution in [2.24, 2.45) is 0 Å². The van der Waals surface area contributed by atoms with Crippen LogP contribution in [0.3, 0.4) is 0 Å². The topological polar surface area (TPSA) is 40.7 Å². The second-order valence-corrected chi connectivity index (χ2v) is 4.81. The number of anilines is 2. The summed E-state index contributed by atoms with van der Waals surface area (Å²) < 4.78 is 38.0. The molecule has 0 aliphatic carbocycles. The van der Waals surface area contributed by atoms with Gasteiger partial charge in [0.15, 0.2) is 0 Å². The second kappa shape index (κ2) is 4.80. The lowest BCUT2D eigenvalue weighted by molar-refractivity contribution is -0.137. The quantitative estimate of drug-likeness (QED) is 0.722. The van der Waals surface area contributed by atoms with Crippen LogP contribution in [-0.2, 0) is 6.18 Å². The molecule has 3 aromatic rings. The van der Waals surface area contributed by atoms with Crippen molar-refractivity contribution in [1.29, 1.82) is 0 Å². The highest BCUT2D eigenvalue weighted by molar-refractivity contribution is 5.79. The fourth-order valence-corrected chi connectivity index (χ4v) is 2.09. The molecule has 0 atom stereocenters. The number of aromatic nitrogens is 2. The molecule has 0 fully saturated rings. The zero-order valence-electron chi connectivity index (χ0n) is 11.1. The highest BCUT2D eigenvalue weighted by Crippen LogP contribution is 2.31. The molecule has 0 aliphatic rings. The summed E-state index contributed by atoms with van der Waals surface area (Å²) in [5, 5.41) is 2.86. The van der Waals surface area contributed by atoms with E-state index in [1.54, 1.807) is 6.07 Å². The number of halogens is 3. The predicted molar refractivity (Wildman–Crippen MR) is 75.6 cm³/mol. The summed E-state index contributed by atoms with van der Waals surface area (Å²) >= 11 is 0. The molecule has 3 nitrogen and oxygen atoms in total. The molecule has 0 spiro atoms. The Bertz CT molecular complexity index is 790. The summed E-state index contributed by atoms with van der Waals surface area (Å²) in [6, 6.07) is 10.7. The number of imidazole rings is 1. The van der Waals surface area contributed by atoms with Gasteiger partial charge in [0.05, 0.1) is 16.6 Å². The van der Waals surface area contributed by atoms with Crippen LogP contribution in [0.5, 0.6) is 0 Å². The van der Waals surface area contributed by atoms with Crippen LogP contribution in [0.25, 0.3) is 11.0 Å². The first-order valence-electron chi connectivity index (χ1n) is 6.32.